The Bertz CT molecular complexity index is 358. The highest BCUT2D eigenvalue weighted by atomic mass is 16.2. The van der Waals surface area contributed by atoms with Gasteiger partial charge in [0.1, 0.15) is 0 Å². The molecule has 0 spiro atoms. The molecule has 2 heteroatoms. The van der Waals surface area contributed by atoms with Crippen LogP contribution >= 0.6 is 0 Å². The summed E-state index contributed by atoms with van der Waals surface area (Å²) in [7, 11) is 0. The lowest BCUT2D eigenvalue weighted by Gasteiger charge is -2.24. The number of amides is 1. The van der Waals surface area contributed by atoms with E-state index >= 15 is 0 Å². The predicted molar refractivity (Wildman–Crippen MR) is 77.7 cm³/mol. The second-order valence-electron chi connectivity index (χ2n) is 6.76. The predicted octanol–water partition coefficient (Wildman–Crippen LogP) is 3.63. The first-order valence-corrected chi connectivity index (χ1v) is 8.23. The Balaban J connectivity index is 1.49. The van der Waals surface area contributed by atoms with E-state index < -0.39 is 0 Å². The zero-order valence-electron chi connectivity index (χ0n) is 12.2. The second-order valence-corrected chi connectivity index (χ2v) is 6.76. The third-order valence-corrected chi connectivity index (χ3v) is 5.08. The van der Waals surface area contributed by atoms with Gasteiger partial charge in [-0.1, -0.05) is 19.1 Å². The summed E-state index contributed by atoms with van der Waals surface area (Å²) in [5.74, 6) is 3.48. The molecule has 0 radical (unpaired) electrons. The molecular formula is C17H27NO. The Morgan fingerprint density at radius 3 is 2.74 bits per heavy atom. The van der Waals surface area contributed by atoms with Gasteiger partial charge in [0, 0.05) is 19.0 Å². The van der Waals surface area contributed by atoms with Gasteiger partial charge >= 0.3 is 0 Å². The van der Waals surface area contributed by atoms with Gasteiger partial charge in [-0.25, -0.2) is 0 Å². The molecule has 3 rings (SSSR count). The van der Waals surface area contributed by atoms with Gasteiger partial charge in [0.05, 0.1) is 0 Å². The van der Waals surface area contributed by atoms with Gasteiger partial charge in [0.15, 0.2) is 0 Å². The summed E-state index contributed by atoms with van der Waals surface area (Å²) in [6.45, 7) is 4.21. The maximum atomic E-state index is 12.3. The van der Waals surface area contributed by atoms with Gasteiger partial charge in [-0.3, -0.25) is 4.79 Å². The highest BCUT2D eigenvalue weighted by Crippen LogP contribution is 2.49. The van der Waals surface area contributed by atoms with Crippen LogP contribution in [0, 0.1) is 23.7 Å². The fourth-order valence-corrected chi connectivity index (χ4v) is 3.70. The Morgan fingerprint density at radius 2 is 2.11 bits per heavy atom. The maximum Gasteiger partial charge on any atom is 0.225 e. The zero-order valence-corrected chi connectivity index (χ0v) is 12.2. The van der Waals surface area contributed by atoms with Gasteiger partial charge in [-0.2, -0.15) is 0 Å². The molecule has 0 aromatic rings. The lowest BCUT2D eigenvalue weighted by atomic mass is 9.89. The first kappa shape index (κ1) is 13.2. The molecule has 106 valence electrons. The number of carbonyl (C=O) groups is 1. The van der Waals surface area contributed by atoms with E-state index in [-0.39, 0.29) is 0 Å². The second kappa shape index (κ2) is 5.68. The lowest BCUT2D eigenvalue weighted by Crippen LogP contribution is -2.35. The zero-order chi connectivity index (χ0) is 13.2. The standard InChI is InChI=1S/C17H27NO/c1-2-10-18(17(19)14-8-9-14)12-15-11-16(15)13-6-4-3-5-7-13/h3-4,13-16H,2,5-12H2,1H3. The first-order chi connectivity index (χ1) is 9.29. The highest BCUT2D eigenvalue weighted by Gasteiger charge is 2.44. The molecule has 3 aliphatic rings. The van der Waals surface area contributed by atoms with Crippen molar-refractivity contribution >= 4 is 5.91 Å². The van der Waals surface area contributed by atoms with Crippen LogP contribution in [0.2, 0.25) is 0 Å². The molecule has 0 heterocycles. The minimum absolute atomic E-state index is 0.390. The quantitative estimate of drug-likeness (QED) is 0.669. The van der Waals surface area contributed by atoms with E-state index in [9.17, 15) is 4.79 Å². The molecule has 0 bridgehead atoms. The molecule has 0 aromatic heterocycles. The van der Waals surface area contributed by atoms with Crippen LogP contribution in [-0.4, -0.2) is 23.9 Å². The van der Waals surface area contributed by atoms with Crippen molar-refractivity contribution in [3.8, 4) is 0 Å². The van der Waals surface area contributed by atoms with Crippen LogP contribution in [0.4, 0.5) is 0 Å². The van der Waals surface area contributed by atoms with E-state index in [1.54, 1.807) is 0 Å². The molecule has 2 fully saturated rings. The molecule has 2 saturated carbocycles. The van der Waals surface area contributed by atoms with E-state index in [4.69, 9.17) is 0 Å². The Kier molecular flexibility index (Phi) is 3.95. The van der Waals surface area contributed by atoms with Crippen LogP contribution < -0.4 is 0 Å². The van der Waals surface area contributed by atoms with Crippen molar-refractivity contribution in [1.29, 1.82) is 0 Å². The summed E-state index contributed by atoms with van der Waals surface area (Å²) in [6, 6.07) is 0. The van der Waals surface area contributed by atoms with Crippen molar-refractivity contribution < 1.29 is 4.79 Å². The van der Waals surface area contributed by atoms with Crippen LogP contribution in [0.25, 0.3) is 0 Å². The molecule has 2 nitrogen and oxygen atoms in total. The van der Waals surface area contributed by atoms with Crippen molar-refractivity contribution in [3.05, 3.63) is 12.2 Å². The van der Waals surface area contributed by atoms with Gasteiger partial charge < -0.3 is 4.90 Å². The molecule has 3 unspecified atom stereocenters. The largest absolute Gasteiger partial charge is 0.342 e. The summed E-state index contributed by atoms with van der Waals surface area (Å²) in [5.41, 5.74) is 0. The molecule has 19 heavy (non-hydrogen) atoms. The molecule has 3 atom stereocenters. The van der Waals surface area contributed by atoms with Crippen LogP contribution in [0.3, 0.4) is 0 Å². The van der Waals surface area contributed by atoms with E-state index in [2.05, 4.69) is 24.0 Å². The molecule has 0 saturated heterocycles. The minimum Gasteiger partial charge on any atom is -0.342 e. The smallest absolute Gasteiger partial charge is 0.225 e. The fraction of sp³-hybridized carbons (Fsp3) is 0.824. The van der Waals surface area contributed by atoms with E-state index in [0.29, 0.717) is 11.8 Å². The highest BCUT2D eigenvalue weighted by molar-refractivity contribution is 5.81. The number of carbonyl (C=O) groups excluding carboxylic acids is 1. The van der Waals surface area contributed by atoms with Crippen molar-refractivity contribution in [1.82, 2.24) is 4.90 Å². The van der Waals surface area contributed by atoms with E-state index in [0.717, 1.165) is 50.1 Å². The molecular weight excluding hydrogens is 234 g/mol. The number of hydrogen-bond acceptors (Lipinski definition) is 1. The van der Waals surface area contributed by atoms with Gasteiger partial charge in [-0.15, -0.1) is 0 Å². The summed E-state index contributed by atoms with van der Waals surface area (Å²) in [6.07, 6.45) is 13.4. The first-order valence-electron chi connectivity index (χ1n) is 8.23. The SMILES string of the molecule is CCCN(CC1CC1C1CC=CCC1)C(=O)C1CC1. The van der Waals surface area contributed by atoms with Gasteiger partial charge in [0.2, 0.25) is 5.91 Å². The van der Waals surface area contributed by atoms with Gasteiger partial charge in [0.25, 0.3) is 0 Å². The summed E-state index contributed by atoms with van der Waals surface area (Å²) in [5, 5.41) is 0. The third-order valence-electron chi connectivity index (χ3n) is 5.08. The molecule has 0 aliphatic heterocycles. The summed E-state index contributed by atoms with van der Waals surface area (Å²) in [4.78, 5) is 14.4. The Labute approximate surface area is 117 Å². The van der Waals surface area contributed by atoms with Crippen molar-refractivity contribution in [2.45, 2.75) is 51.9 Å². The number of hydrogen-bond donors (Lipinski definition) is 0. The topological polar surface area (TPSA) is 20.3 Å². The third kappa shape index (κ3) is 3.21. The maximum absolute atomic E-state index is 12.3. The Morgan fingerprint density at radius 1 is 1.26 bits per heavy atom. The molecule has 1 amide bonds. The van der Waals surface area contributed by atoms with E-state index in [1.807, 2.05) is 0 Å². The number of nitrogens with zero attached hydrogens (tertiary/aromatic N) is 1. The number of rotatable bonds is 6. The van der Waals surface area contributed by atoms with Crippen LogP contribution in [-0.2, 0) is 4.79 Å². The van der Waals surface area contributed by atoms with E-state index in [1.165, 1.54) is 25.7 Å². The summed E-state index contributed by atoms with van der Waals surface area (Å²) >= 11 is 0. The average Bonchev–Trinajstić information content (AvgIpc) is 3.32. The molecule has 0 aromatic carbocycles. The summed E-state index contributed by atoms with van der Waals surface area (Å²) < 4.78 is 0. The Hall–Kier alpha value is -0.790. The molecule has 3 aliphatic carbocycles. The lowest BCUT2D eigenvalue weighted by molar-refractivity contribution is -0.132. The van der Waals surface area contributed by atoms with Crippen LogP contribution in [0.1, 0.15) is 51.9 Å². The monoisotopic (exact) mass is 261 g/mol. The van der Waals surface area contributed by atoms with Crippen LogP contribution in [0.5, 0.6) is 0 Å². The fourth-order valence-electron chi connectivity index (χ4n) is 3.70. The minimum atomic E-state index is 0.390. The van der Waals surface area contributed by atoms with Crippen molar-refractivity contribution in [2.24, 2.45) is 23.7 Å². The molecule has 0 N–H and O–H groups in total. The number of allylic oxidation sites excluding steroid dienone is 2. The van der Waals surface area contributed by atoms with Gasteiger partial charge in [-0.05, 0) is 62.7 Å². The average molecular weight is 261 g/mol. The van der Waals surface area contributed by atoms with Crippen LogP contribution in [0.15, 0.2) is 12.2 Å². The van der Waals surface area contributed by atoms with Crippen molar-refractivity contribution in [3.63, 3.8) is 0 Å². The van der Waals surface area contributed by atoms with Crippen molar-refractivity contribution in [2.75, 3.05) is 13.1 Å². The normalized spacial score (nSPS) is 33.2.